The Morgan fingerprint density at radius 1 is 0.315 bits per heavy atom. The summed E-state index contributed by atoms with van der Waals surface area (Å²) in [6, 6.07) is 72.2. The standard InChI is InChI=1S/C52H33NO/c1-2-16-40-35(12-1)13-10-22-41(40)37-15-9-14-36(32-37)34-26-28-38(29-27-34)53(50-24-11-23-48-47-21-7-8-25-51(47)54-52(48)50)39-30-31-46-44-19-4-3-17-42(44)43-18-5-6-20-45(43)49(46)33-39/h1-33H. The molecule has 0 saturated carbocycles. The van der Waals surface area contributed by atoms with Gasteiger partial charge in [0.05, 0.1) is 5.69 Å². The van der Waals surface area contributed by atoms with Gasteiger partial charge in [-0.05, 0) is 108 Å². The molecule has 11 aromatic rings. The quantitative estimate of drug-likeness (QED) is 0.168. The Morgan fingerprint density at radius 2 is 0.870 bits per heavy atom. The van der Waals surface area contributed by atoms with Gasteiger partial charge in [-0.25, -0.2) is 0 Å². The summed E-state index contributed by atoms with van der Waals surface area (Å²) in [7, 11) is 0. The van der Waals surface area contributed by atoms with Crippen molar-refractivity contribution in [3.8, 4) is 22.3 Å². The first-order chi connectivity index (χ1) is 26.8. The van der Waals surface area contributed by atoms with Crippen molar-refractivity contribution in [1.29, 1.82) is 0 Å². The van der Waals surface area contributed by atoms with Crippen LogP contribution in [-0.4, -0.2) is 0 Å². The summed E-state index contributed by atoms with van der Waals surface area (Å²) in [4.78, 5) is 2.35. The maximum Gasteiger partial charge on any atom is 0.159 e. The summed E-state index contributed by atoms with van der Waals surface area (Å²) >= 11 is 0. The Balaban J connectivity index is 1.09. The van der Waals surface area contributed by atoms with E-state index in [4.69, 9.17) is 4.42 Å². The van der Waals surface area contributed by atoms with Crippen molar-refractivity contribution in [2.45, 2.75) is 0 Å². The van der Waals surface area contributed by atoms with E-state index in [2.05, 4.69) is 199 Å². The molecule has 0 atom stereocenters. The van der Waals surface area contributed by atoms with Crippen LogP contribution in [0.2, 0.25) is 0 Å². The normalized spacial score (nSPS) is 11.7. The topological polar surface area (TPSA) is 16.4 Å². The molecule has 54 heavy (non-hydrogen) atoms. The minimum atomic E-state index is 0.869. The highest BCUT2D eigenvalue weighted by atomic mass is 16.3. The third-order valence-corrected chi connectivity index (χ3v) is 11.0. The minimum Gasteiger partial charge on any atom is -0.454 e. The molecule has 0 bridgehead atoms. The van der Waals surface area contributed by atoms with E-state index in [1.165, 1.54) is 65.3 Å². The lowest BCUT2D eigenvalue weighted by Gasteiger charge is -2.26. The summed E-state index contributed by atoms with van der Waals surface area (Å²) in [5, 5.41) is 12.3. The summed E-state index contributed by atoms with van der Waals surface area (Å²) < 4.78 is 6.66. The second-order valence-corrected chi connectivity index (χ2v) is 14.1. The molecule has 0 aliphatic carbocycles. The monoisotopic (exact) mass is 687 g/mol. The van der Waals surface area contributed by atoms with Crippen molar-refractivity contribution in [1.82, 2.24) is 0 Å². The van der Waals surface area contributed by atoms with E-state index in [0.29, 0.717) is 0 Å². The molecule has 0 unspecified atom stereocenters. The van der Waals surface area contributed by atoms with Crippen LogP contribution in [0.3, 0.4) is 0 Å². The van der Waals surface area contributed by atoms with Gasteiger partial charge in [0.25, 0.3) is 0 Å². The van der Waals surface area contributed by atoms with Crippen LogP contribution >= 0.6 is 0 Å². The number of furan rings is 1. The fourth-order valence-electron chi connectivity index (χ4n) is 8.52. The molecule has 0 fully saturated rings. The number of hydrogen-bond acceptors (Lipinski definition) is 2. The van der Waals surface area contributed by atoms with Crippen molar-refractivity contribution >= 4 is 82.1 Å². The van der Waals surface area contributed by atoms with Crippen LogP contribution in [0.5, 0.6) is 0 Å². The third kappa shape index (κ3) is 4.81. The van der Waals surface area contributed by atoms with Crippen LogP contribution in [0.4, 0.5) is 17.1 Å². The molecule has 0 saturated heterocycles. The van der Waals surface area contributed by atoms with Gasteiger partial charge in [0, 0.05) is 22.1 Å². The van der Waals surface area contributed by atoms with Crippen molar-refractivity contribution in [3.05, 3.63) is 200 Å². The second-order valence-electron chi connectivity index (χ2n) is 14.1. The number of nitrogens with zero attached hydrogens (tertiary/aromatic N) is 1. The number of rotatable bonds is 5. The summed E-state index contributed by atoms with van der Waals surface area (Å²) in [6.07, 6.45) is 0. The molecule has 1 aromatic heterocycles. The van der Waals surface area contributed by atoms with Gasteiger partial charge in [0.1, 0.15) is 5.58 Å². The van der Waals surface area contributed by atoms with Crippen molar-refractivity contribution in [3.63, 3.8) is 0 Å². The maximum atomic E-state index is 6.66. The van der Waals surface area contributed by atoms with Gasteiger partial charge in [-0.1, -0.05) is 158 Å². The molecule has 0 aliphatic heterocycles. The lowest BCUT2D eigenvalue weighted by molar-refractivity contribution is 0.669. The van der Waals surface area contributed by atoms with E-state index in [1.807, 2.05) is 6.07 Å². The van der Waals surface area contributed by atoms with Crippen molar-refractivity contribution < 1.29 is 4.42 Å². The van der Waals surface area contributed by atoms with Crippen LogP contribution in [0.1, 0.15) is 0 Å². The van der Waals surface area contributed by atoms with E-state index < -0.39 is 0 Å². The van der Waals surface area contributed by atoms with E-state index in [-0.39, 0.29) is 0 Å². The molecule has 1 heterocycles. The maximum absolute atomic E-state index is 6.66. The average Bonchev–Trinajstić information content (AvgIpc) is 3.63. The van der Waals surface area contributed by atoms with Gasteiger partial charge in [-0.2, -0.15) is 0 Å². The van der Waals surface area contributed by atoms with E-state index in [0.717, 1.165) is 39.0 Å². The molecule has 0 aliphatic rings. The Morgan fingerprint density at radius 3 is 1.65 bits per heavy atom. The highest BCUT2D eigenvalue weighted by Crippen LogP contribution is 2.45. The SMILES string of the molecule is c1cc(-c2ccc(N(c3ccc4c5ccccc5c5ccccc5c4c3)c3cccc4c3oc3ccccc34)cc2)cc(-c2cccc3ccccc23)c1. The minimum absolute atomic E-state index is 0.869. The summed E-state index contributed by atoms with van der Waals surface area (Å²) in [5.74, 6) is 0. The Labute approximate surface area is 312 Å². The first kappa shape index (κ1) is 30.5. The molecule has 0 spiro atoms. The molecule has 252 valence electrons. The van der Waals surface area contributed by atoms with Crippen LogP contribution < -0.4 is 4.90 Å². The smallest absolute Gasteiger partial charge is 0.159 e. The van der Waals surface area contributed by atoms with Gasteiger partial charge in [0.2, 0.25) is 0 Å². The summed E-state index contributed by atoms with van der Waals surface area (Å²) in [6.45, 7) is 0. The number of hydrogen-bond donors (Lipinski definition) is 0. The fraction of sp³-hybridized carbons (Fsp3) is 0. The van der Waals surface area contributed by atoms with E-state index in [9.17, 15) is 0 Å². The zero-order chi connectivity index (χ0) is 35.6. The predicted octanol–water partition coefficient (Wildman–Crippen LogP) is 15.0. The molecule has 0 amide bonds. The Kier molecular flexibility index (Phi) is 6.90. The highest BCUT2D eigenvalue weighted by Gasteiger charge is 2.21. The number of para-hydroxylation sites is 2. The van der Waals surface area contributed by atoms with Gasteiger partial charge in [-0.3, -0.25) is 0 Å². The first-order valence-corrected chi connectivity index (χ1v) is 18.5. The largest absolute Gasteiger partial charge is 0.454 e. The molecule has 2 heteroatoms. The fourth-order valence-corrected chi connectivity index (χ4v) is 8.52. The first-order valence-electron chi connectivity index (χ1n) is 18.5. The molecular weight excluding hydrogens is 655 g/mol. The zero-order valence-electron chi connectivity index (χ0n) is 29.4. The molecule has 10 aromatic carbocycles. The average molecular weight is 688 g/mol. The van der Waals surface area contributed by atoms with Gasteiger partial charge in [0.15, 0.2) is 5.58 Å². The van der Waals surface area contributed by atoms with Crippen LogP contribution in [0, 0.1) is 0 Å². The molecule has 2 nitrogen and oxygen atoms in total. The van der Waals surface area contributed by atoms with E-state index >= 15 is 0 Å². The van der Waals surface area contributed by atoms with Crippen LogP contribution in [0.15, 0.2) is 205 Å². The molecular formula is C52H33NO. The third-order valence-electron chi connectivity index (χ3n) is 11.0. The van der Waals surface area contributed by atoms with Gasteiger partial charge >= 0.3 is 0 Å². The molecule has 0 N–H and O–H groups in total. The summed E-state index contributed by atoms with van der Waals surface area (Å²) in [5.41, 5.74) is 9.68. The Bertz CT molecular complexity index is 3190. The lowest BCUT2D eigenvalue weighted by Crippen LogP contribution is -2.10. The molecule has 0 radical (unpaired) electrons. The lowest BCUT2D eigenvalue weighted by atomic mass is 9.94. The van der Waals surface area contributed by atoms with Crippen LogP contribution in [0.25, 0.3) is 87.3 Å². The molecule has 11 rings (SSSR count). The zero-order valence-corrected chi connectivity index (χ0v) is 29.4. The van der Waals surface area contributed by atoms with Gasteiger partial charge in [-0.15, -0.1) is 0 Å². The van der Waals surface area contributed by atoms with Crippen LogP contribution in [-0.2, 0) is 0 Å². The van der Waals surface area contributed by atoms with Gasteiger partial charge < -0.3 is 9.32 Å². The Hall–Kier alpha value is -7.16. The highest BCUT2D eigenvalue weighted by molar-refractivity contribution is 6.26. The van der Waals surface area contributed by atoms with Crippen molar-refractivity contribution in [2.24, 2.45) is 0 Å². The van der Waals surface area contributed by atoms with Crippen molar-refractivity contribution in [2.75, 3.05) is 4.90 Å². The number of fused-ring (bicyclic) bond motifs is 10. The predicted molar refractivity (Wildman–Crippen MR) is 229 cm³/mol. The number of anilines is 3. The second kappa shape index (κ2) is 12.2. The van der Waals surface area contributed by atoms with E-state index in [1.54, 1.807) is 0 Å². The number of benzene rings is 10.